The molecule has 0 heterocycles. The Morgan fingerprint density at radius 1 is 0.500 bits per heavy atom. The summed E-state index contributed by atoms with van der Waals surface area (Å²) in [6.07, 6.45) is 14.8. The van der Waals surface area contributed by atoms with Crippen molar-refractivity contribution in [2.45, 2.75) is 64.7 Å². The summed E-state index contributed by atoms with van der Waals surface area (Å²) in [6.45, 7) is 11.8. The molecule has 0 aromatic heterocycles. The SMILES string of the molecule is Cc1ccc2c(c1)C(c1ccccc1)(c1cccc(C3=CC=CCC3)c1)c1cc(C)c(-c3cccc(N(c4ccc(-c5ccccc5)cc4)c4ccc5c(c4)C(C)(C)C4=C5C(C)CC=C4)c3)cc1-2. The number of allylic oxidation sites excluding steroid dienone is 8. The Labute approximate surface area is 403 Å². The summed E-state index contributed by atoms with van der Waals surface area (Å²) in [5.74, 6) is 0.506. The zero-order valence-corrected chi connectivity index (χ0v) is 39.9. The van der Waals surface area contributed by atoms with E-state index in [1.165, 1.54) is 106 Å². The number of hydrogen-bond donors (Lipinski definition) is 0. The van der Waals surface area contributed by atoms with Gasteiger partial charge in [0.2, 0.25) is 0 Å². The molecule has 2 unspecified atom stereocenters. The van der Waals surface area contributed by atoms with Crippen LogP contribution in [-0.2, 0) is 10.8 Å². The predicted molar refractivity (Wildman–Crippen MR) is 288 cm³/mol. The topological polar surface area (TPSA) is 3.24 Å². The molecule has 0 N–H and O–H groups in total. The van der Waals surface area contributed by atoms with Gasteiger partial charge in [-0.25, -0.2) is 0 Å². The second-order valence-electron chi connectivity index (χ2n) is 20.1. The van der Waals surface area contributed by atoms with Crippen molar-refractivity contribution in [1.82, 2.24) is 0 Å². The highest BCUT2D eigenvalue weighted by molar-refractivity contribution is 5.92. The van der Waals surface area contributed by atoms with Gasteiger partial charge in [-0.15, -0.1) is 0 Å². The molecule has 1 nitrogen and oxygen atoms in total. The number of benzene rings is 8. The number of aryl methyl sites for hydroxylation is 2. The smallest absolute Gasteiger partial charge is 0.0713 e. The average Bonchev–Trinajstić information content (AvgIpc) is 3.79. The van der Waals surface area contributed by atoms with Gasteiger partial charge in [-0.2, -0.15) is 0 Å². The van der Waals surface area contributed by atoms with Crippen LogP contribution < -0.4 is 4.90 Å². The van der Waals surface area contributed by atoms with Gasteiger partial charge < -0.3 is 4.90 Å². The van der Waals surface area contributed by atoms with Crippen molar-refractivity contribution >= 4 is 28.2 Å². The number of hydrogen-bond acceptors (Lipinski definition) is 1. The van der Waals surface area contributed by atoms with Gasteiger partial charge in [0.05, 0.1) is 5.41 Å². The number of nitrogens with zero attached hydrogens (tertiary/aromatic N) is 1. The lowest BCUT2D eigenvalue weighted by atomic mass is 9.66. The first-order chi connectivity index (χ1) is 33.2. The lowest BCUT2D eigenvalue weighted by Crippen LogP contribution is -2.29. The Bertz CT molecular complexity index is 3410. The summed E-state index contributed by atoms with van der Waals surface area (Å²) in [6, 6.07) is 69.1. The fourth-order valence-corrected chi connectivity index (χ4v) is 12.3. The van der Waals surface area contributed by atoms with Crippen molar-refractivity contribution < 1.29 is 0 Å². The normalized spacial score (nSPS) is 18.4. The molecule has 0 bridgehead atoms. The Hall–Kier alpha value is -7.48. The third-order valence-corrected chi connectivity index (χ3v) is 15.6. The van der Waals surface area contributed by atoms with Crippen LogP contribution in [0.5, 0.6) is 0 Å². The predicted octanol–water partition coefficient (Wildman–Crippen LogP) is 17.8. The molecule has 0 saturated carbocycles. The maximum Gasteiger partial charge on any atom is 0.0713 e. The average molecular weight is 876 g/mol. The van der Waals surface area contributed by atoms with E-state index in [2.05, 4.69) is 252 Å². The van der Waals surface area contributed by atoms with Crippen LogP contribution in [0.3, 0.4) is 0 Å². The first kappa shape index (κ1) is 41.9. The zero-order valence-electron chi connectivity index (χ0n) is 39.9. The maximum atomic E-state index is 2.52. The molecule has 0 saturated heterocycles. The molecule has 1 heteroatoms. The molecule has 68 heavy (non-hydrogen) atoms. The standard InChI is InChI=1S/C67H57N/c1-44-30-36-57-60-43-59(46(3)39-64(60)67(63(57)38-44,52-25-13-8-14-26-52)53-27-16-23-50(40-53)48-21-11-7-12-22-48)51-24-17-28-55(41-51)68(54-33-31-49(32-34-54)47-19-9-6-10-20-47)56-35-37-58-62(42-56)66(4,5)61-29-15-18-45(2)65(58)61/h6-11,13-17,19-21,23-43,45H,12,18,22H2,1-5H3. The summed E-state index contributed by atoms with van der Waals surface area (Å²) in [5, 5.41) is 0. The molecule has 12 rings (SSSR count). The molecule has 4 aliphatic carbocycles. The first-order valence-corrected chi connectivity index (χ1v) is 24.6. The van der Waals surface area contributed by atoms with E-state index in [0.717, 1.165) is 30.6 Å². The van der Waals surface area contributed by atoms with Gasteiger partial charge in [0, 0.05) is 22.5 Å². The van der Waals surface area contributed by atoms with Crippen LogP contribution in [0, 0.1) is 19.8 Å². The molecule has 2 atom stereocenters. The Morgan fingerprint density at radius 3 is 1.97 bits per heavy atom. The van der Waals surface area contributed by atoms with Gasteiger partial charge in [0.25, 0.3) is 0 Å². The largest absolute Gasteiger partial charge is 0.310 e. The van der Waals surface area contributed by atoms with E-state index in [1.54, 1.807) is 0 Å². The summed E-state index contributed by atoms with van der Waals surface area (Å²) in [4.78, 5) is 2.47. The fraction of sp³-hybridized carbons (Fsp3) is 0.164. The van der Waals surface area contributed by atoms with Crippen LogP contribution >= 0.6 is 0 Å². The lowest BCUT2D eigenvalue weighted by Gasteiger charge is -2.35. The molecule has 0 spiro atoms. The Balaban J connectivity index is 1.02. The summed E-state index contributed by atoms with van der Waals surface area (Å²) >= 11 is 0. The Morgan fingerprint density at radius 2 is 1.18 bits per heavy atom. The number of fused-ring (bicyclic) bond motifs is 5. The van der Waals surface area contributed by atoms with Gasteiger partial charge in [0.15, 0.2) is 0 Å². The van der Waals surface area contributed by atoms with Crippen LogP contribution in [0.4, 0.5) is 17.1 Å². The van der Waals surface area contributed by atoms with Gasteiger partial charge in [0.1, 0.15) is 0 Å². The van der Waals surface area contributed by atoms with E-state index < -0.39 is 5.41 Å². The molecule has 0 fully saturated rings. The van der Waals surface area contributed by atoms with Crippen LogP contribution in [0.25, 0.3) is 44.5 Å². The molecule has 4 aliphatic rings. The molecule has 330 valence electrons. The summed E-state index contributed by atoms with van der Waals surface area (Å²) in [7, 11) is 0. The summed E-state index contributed by atoms with van der Waals surface area (Å²) in [5.41, 5.74) is 26.7. The van der Waals surface area contributed by atoms with Gasteiger partial charge in [-0.3, -0.25) is 0 Å². The zero-order chi connectivity index (χ0) is 46.1. The summed E-state index contributed by atoms with van der Waals surface area (Å²) < 4.78 is 0. The number of anilines is 3. The van der Waals surface area contributed by atoms with Crippen molar-refractivity contribution in [2.24, 2.45) is 5.92 Å². The van der Waals surface area contributed by atoms with E-state index in [4.69, 9.17) is 0 Å². The van der Waals surface area contributed by atoms with Crippen molar-refractivity contribution in [1.29, 1.82) is 0 Å². The van der Waals surface area contributed by atoms with E-state index in [1.807, 2.05) is 0 Å². The third-order valence-electron chi connectivity index (χ3n) is 15.6. The molecular weight excluding hydrogens is 819 g/mol. The molecular formula is C67H57N. The first-order valence-electron chi connectivity index (χ1n) is 24.6. The van der Waals surface area contributed by atoms with E-state index in [0.29, 0.717) is 5.92 Å². The second kappa shape index (κ2) is 16.4. The van der Waals surface area contributed by atoms with Gasteiger partial charge in [-0.05, 0) is 182 Å². The lowest BCUT2D eigenvalue weighted by molar-refractivity contribution is 0.643. The maximum absolute atomic E-state index is 2.52. The van der Waals surface area contributed by atoms with Crippen molar-refractivity contribution in [3.8, 4) is 33.4 Å². The quantitative estimate of drug-likeness (QED) is 0.147. The Kier molecular flexibility index (Phi) is 10.1. The van der Waals surface area contributed by atoms with Gasteiger partial charge >= 0.3 is 0 Å². The minimum atomic E-state index is -0.490. The van der Waals surface area contributed by atoms with E-state index in [-0.39, 0.29) is 5.41 Å². The monoisotopic (exact) mass is 875 g/mol. The highest BCUT2D eigenvalue weighted by Crippen LogP contribution is 2.58. The van der Waals surface area contributed by atoms with E-state index in [9.17, 15) is 0 Å². The van der Waals surface area contributed by atoms with Crippen molar-refractivity contribution in [3.05, 3.63) is 268 Å². The molecule has 8 aromatic rings. The van der Waals surface area contributed by atoms with Crippen LogP contribution in [0.1, 0.15) is 90.1 Å². The number of rotatable bonds is 8. The molecule has 0 aliphatic heterocycles. The molecule has 0 amide bonds. The second-order valence-corrected chi connectivity index (χ2v) is 20.1. The minimum absolute atomic E-state index is 0.0896. The highest BCUT2D eigenvalue weighted by Gasteiger charge is 2.47. The van der Waals surface area contributed by atoms with Crippen molar-refractivity contribution in [3.63, 3.8) is 0 Å². The third kappa shape index (κ3) is 6.66. The molecule has 8 aromatic carbocycles. The fourth-order valence-electron chi connectivity index (χ4n) is 12.3. The molecule has 0 radical (unpaired) electrons. The van der Waals surface area contributed by atoms with Crippen molar-refractivity contribution in [2.75, 3.05) is 4.90 Å². The minimum Gasteiger partial charge on any atom is -0.310 e. The van der Waals surface area contributed by atoms with Crippen LogP contribution in [0.2, 0.25) is 0 Å². The highest BCUT2D eigenvalue weighted by atomic mass is 15.1. The van der Waals surface area contributed by atoms with Gasteiger partial charge in [-0.1, -0.05) is 190 Å². The van der Waals surface area contributed by atoms with Crippen LogP contribution in [-0.4, -0.2) is 0 Å². The van der Waals surface area contributed by atoms with Crippen LogP contribution in [0.15, 0.2) is 218 Å². The van der Waals surface area contributed by atoms with E-state index >= 15 is 0 Å².